The largest absolute Gasteiger partial charge is 0.369 e. The Labute approximate surface area is 88.7 Å². The Bertz CT molecular complexity index is 369. The summed E-state index contributed by atoms with van der Waals surface area (Å²) < 4.78 is 0. The third kappa shape index (κ3) is 2.03. The maximum absolute atomic E-state index is 11.9. The first-order chi connectivity index (χ1) is 7.29. The Morgan fingerprint density at radius 3 is 2.67 bits per heavy atom. The molecule has 4 nitrogen and oxygen atoms in total. The zero-order valence-corrected chi connectivity index (χ0v) is 8.52. The lowest BCUT2D eigenvalue weighted by atomic mass is 10.2. The third-order valence-electron chi connectivity index (χ3n) is 2.55. The Hall–Kier alpha value is -1.71. The van der Waals surface area contributed by atoms with Gasteiger partial charge in [0.1, 0.15) is 5.69 Å². The van der Waals surface area contributed by atoms with Gasteiger partial charge in [0.2, 0.25) is 5.78 Å². The molecule has 1 saturated heterocycles. The monoisotopic (exact) mass is 203 g/mol. The topological polar surface area (TPSA) is 46.1 Å². The van der Waals surface area contributed by atoms with Crippen LogP contribution in [0.25, 0.3) is 0 Å². The van der Waals surface area contributed by atoms with Crippen LogP contribution >= 0.6 is 0 Å². The van der Waals surface area contributed by atoms with Gasteiger partial charge in [-0.3, -0.25) is 9.78 Å². The van der Waals surface area contributed by atoms with Gasteiger partial charge in [0.15, 0.2) is 0 Å². The van der Waals surface area contributed by atoms with Crippen LogP contribution in [0.2, 0.25) is 0 Å². The van der Waals surface area contributed by atoms with Crippen LogP contribution in [0.1, 0.15) is 23.3 Å². The number of likely N-dealkylation sites (tertiary alicyclic amines) is 1. The van der Waals surface area contributed by atoms with Crippen molar-refractivity contribution >= 4 is 5.78 Å². The van der Waals surface area contributed by atoms with Gasteiger partial charge in [-0.2, -0.15) is 0 Å². The molecule has 0 atom stereocenters. The zero-order chi connectivity index (χ0) is 10.7. The van der Waals surface area contributed by atoms with Crippen molar-refractivity contribution in [3.05, 3.63) is 36.6 Å². The summed E-state index contributed by atoms with van der Waals surface area (Å²) in [5, 5.41) is 0. The van der Waals surface area contributed by atoms with Crippen LogP contribution in [-0.4, -0.2) is 33.7 Å². The summed E-state index contributed by atoms with van der Waals surface area (Å²) >= 11 is 0. The molecule has 0 radical (unpaired) electrons. The molecule has 78 valence electrons. The Balaban J connectivity index is 2.11. The standard InChI is InChI=1S/C11H13N3O/c1-9(14-6-2-3-7-14)11(15)10-8-12-4-5-13-10/h4-5,8H,1-3,6-7H2. The van der Waals surface area contributed by atoms with Crippen molar-refractivity contribution in [1.29, 1.82) is 0 Å². The maximum Gasteiger partial charge on any atom is 0.228 e. The van der Waals surface area contributed by atoms with Crippen LogP contribution in [-0.2, 0) is 0 Å². The van der Waals surface area contributed by atoms with E-state index in [0.29, 0.717) is 11.4 Å². The number of allylic oxidation sites excluding steroid dienone is 1. The van der Waals surface area contributed by atoms with Crippen molar-refractivity contribution in [2.45, 2.75) is 12.8 Å². The van der Waals surface area contributed by atoms with E-state index < -0.39 is 0 Å². The molecule has 1 fully saturated rings. The molecule has 0 saturated carbocycles. The van der Waals surface area contributed by atoms with Gasteiger partial charge in [-0.15, -0.1) is 0 Å². The van der Waals surface area contributed by atoms with E-state index in [4.69, 9.17) is 0 Å². The van der Waals surface area contributed by atoms with Crippen LogP contribution in [0.3, 0.4) is 0 Å². The van der Waals surface area contributed by atoms with Crippen molar-refractivity contribution in [1.82, 2.24) is 14.9 Å². The van der Waals surface area contributed by atoms with Gasteiger partial charge in [0.05, 0.1) is 11.9 Å². The minimum atomic E-state index is -0.120. The van der Waals surface area contributed by atoms with Crippen LogP contribution in [0, 0.1) is 0 Å². The highest BCUT2D eigenvalue weighted by Gasteiger charge is 2.20. The molecule has 0 N–H and O–H groups in total. The van der Waals surface area contributed by atoms with Gasteiger partial charge in [-0.05, 0) is 12.8 Å². The normalized spacial score (nSPS) is 15.3. The Morgan fingerprint density at radius 2 is 2.07 bits per heavy atom. The van der Waals surface area contributed by atoms with Crippen molar-refractivity contribution in [2.24, 2.45) is 0 Å². The number of hydrogen-bond acceptors (Lipinski definition) is 4. The van der Waals surface area contributed by atoms with Crippen LogP contribution in [0.15, 0.2) is 30.9 Å². The van der Waals surface area contributed by atoms with Crippen LogP contribution < -0.4 is 0 Å². The number of carbonyl (C=O) groups is 1. The fraction of sp³-hybridized carbons (Fsp3) is 0.364. The first-order valence-electron chi connectivity index (χ1n) is 5.03. The third-order valence-corrected chi connectivity index (χ3v) is 2.55. The molecule has 0 bridgehead atoms. The molecule has 1 aliphatic rings. The number of rotatable bonds is 3. The summed E-state index contributed by atoms with van der Waals surface area (Å²) in [4.78, 5) is 21.7. The summed E-state index contributed by atoms with van der Waals surface area (Å²) in [7, 11) is 0. The molecule has 2 rings (SSSR count). The molecular weight excluding hydrogens is 190 g/mol. The lowest BCUT2D eigenvalue weighted by Crippen LogP contribution is -2.24. The van der Waals surface area contributed by atoms with Gasteiger partial charge in [-0.1, -0.05) is 6.58 Å². The van der Waals surface area contributed by atoms with Crippen LogP contribution in [0.4, 0.5) is 0 Å². The summed E-state index contributed by atoms with van der Waals surface area (Å²) in [6.07, 6.45) is 6.81. The molecule has 0 unspecified atom stereocenters. The van der Waals surface area contributed by atoms with Gasteiger partial charge in [0, 0.05) is 25.5 Å². The van der Waals surface area contributed by atoms with E-state index in [1.165, 1.54) is 12.4 Å². The second kappa shape index (κ2) is 4.21. The molecule has 15 heavy (non-hydrogen) atoms. The maximum atomic E-state index is 11.9. The van der Waals surface area contributed by atoms with Crippen molar-refractivity contribution in [2.75, 3.05) is 13.1 Å². The molecule has 1 aromatic heterocycles. The number of nitrogens with zero attached hydrogens (tertiary/aromatic N) is 3. The smallest absolute Gasteiger partial charge is 0.228 e. The van der Waals surface area contributed by atoms with Gasteiger partial charge >= 0.3 is 0 Å². The zero-order valence-electron chi connectivity index (χ0n) is 8.52. The lowest BCUT2D eigenvalue weighted by Gasteiger charge is -2.18. The van der Waals surface area contributed by atoms with Crippen LogP contribution in [0.5, 0.6) is 0 Å². The Kier molecular flexibility index (Phi) is 2.76. The predicted molar refractivity (Wildman–Crippen MR) is 56.3 cm³/mol. The SMILES string of the molecule is C=C(C(=O)c1cnccn1)N1CCCC1. The predicted octanol–water partition coefficient (Wildman–Crippen LogP) is 1.27. The highest BCUT2D eigenvalue weighted by molar-refractivity contribution is 6.06. The average Bonchev–Trinajstić information content (AvgIpc) is 2.82. The van der Waals surface area contributed by atoms with E-state index in [-0.39, 0.29) is 5.78 Å². The quantitative estimate of drug-likeness (QED) is 0.548. The summed E-state index contributed by atoms with van der Waals surface area (Å²) in [6.45, 7) is 5.66. The summed E-state index contributed by atoms with van der Waals surface area (Å²) in [6, 6.07) is 0. The van der Waals surface area contributed by atoms with Crippen molar-refractivity contribution < 1.29 is 4.79 Å². The molecule has 0 amide bonds. The number of carbonyl (C=O) groups excluding carboxylic acids is 1. The lowest BCUT2D eigenvalue weighted by molar-refractivity contribution is 0.0993. The first kappa shape index (κ1) is 9.83. The molecular formula is C11H13N3O. The number of Topliss-reactive ketones (excluding diaryl/α,β-unsaturated/α-hetero) is 1. The van der Waals surface area contributed by atoms with E-state index in [2.05, 4.69) is 16.5 Å². The number of aromatic nitrogens is 2. The molecule has 4 heteroatoms. The Morgan fingerprint density at radius 1 is 1.33 bits per heavy atom. The first-order valence-corrected chi connectivity index (χ1v) is 5.03. The molecule has 2 heterocycles. The van der Waals surface area contributed by atoms with Gasteiger partial charge in [0.25, 0.3) is 0 Å². The van der Waals surface area contributed by atoms with Crippen molar-refractivity contribution in [3.63, 3.8) is 0 Å². The highest BCUT2D eigenvalue weighted by atomic mass is 16.1. The second-order valence-electron chi connectivity index (χ2n) is 3.56. The van der Waals surface area contributed by atoms with E-state index in [0.717, 1.165) is 25.9 Å². The fourth-order valence-corrected chi connectivity index (χ4v) is 1.69. The summed E-state index contributed by atoms with van der Waals surface area (Å²) in [5.74, 6) is -0.120. The molecule has 0 aromatic carbocycles. The number of hydrogen-bond donors (Lipinski definition) is 0. The minimum Gasteiger partial charge on any atom is -0.369 e. The van der Waals surface area contributed by atoms with Gasteiger partial charge in [-0.25, -0.2) is 4.98 Å². The molecule has 1 aliphatic heterocycles. The van der Waals surface area contributed by atoms with Gasteiger partial charge < -0.3 is 4.90 Å². The highest BCUT2D eigenvalue weighted by Crippen LogP contribution is 2.15. The van der Waals surface area contributed by atoms with E-state index >= 15 is 0 Å². The fourth-order valence-electron chi connectivity index (χ4n) is 1.69. The van der Waals surface area contributed by atoms with Crippen molar-refractivity contribution in [3.8, 4) is 0 Å². The van der Waals surface area contributed by atoms with E-state index in [1.807, 2.05) is 4.90 Å². The minimum absolute atomic E-state index is 0.120. The molecule has 1 aromatic rings. The molecule has 0 aliphatic carbocycles. The summed E-state index contributed by atoms with van der Waals surface area (Å²) in [5.41, 5.74) is 0.905. The molecule has 0 spiro atoms. The second-order valence-corrected chi connectivity index (χ2v) is 3.56. The van der Waals surface area contributed by atoms with E-state index in [1.54, 1.807) is 6.20 Å². The number of ketones is 1. The van der Waals surface area contributed by atoms with E-state index in [9.17, 15) is 4.79 Å². The average molecular weight is 203 g/mol.